The van der Waals surface area contributed by atoms with Gasteiger partial charge in [0.05, 0.1) is 22.4 Å². The van der Waals surface area contributed by atoms with Gasteiger partial charge in [-0.1, -0.05) is 31.5 Å². The van der Waals surface area contributed by atoms with Crippen LogP contribution in [-0.2, 0) is 17.8 Å². The molecule has 3 aromatic rings. The second-order valence-corrected chi connectivity index (χ2v) is 11.0. The van der Waals surface area contributed by atoms with Crippen LogP contribution in [0.2, 0.25) is 5.02 Å². The van der Waals surface area contributed by atoms with Crippen molar-refractivity contribution in [2.24, 2.45) is 11.8 Å². The molecule has 0 spiro atoms. The van der Waals surface area contributed by atoms with E-state index in [1.54, 1.807) is 16.8 Å². The smallest absolute Gasteiger partial charge is 0.293 e. The van der Waals surface area contributed by atoms with Gasteiger partial charge < -0.3 is 24.4 Å². The van der Waals surface area contributed by atoms with Gasteiger partial charge in [0.1, 0.15) is 0 Å². The molecule has 9 nitrogen and oxygen atoms in total. The number of piperidine rings is 1. The minimum absolute atomic E-state index is 0.146. The van der Waals surface area contributed by atoms with Crippen molar-refractivity contribution in [1.29, 1.82) is 0 Å². The van der Waals surface area contributed by atoms with Crippen LogP contribution in [0, 0.1) is 11.8 Å². The number of carbonyl (C=O) groups excluding carboxylic acids is 1. The molecule has 0 bridgehead atoms. The van der Waals surface area contributed by atoms with E-state index >= 15 is 0 Å². The Morgan fingerprint density at radius 2 is 1.95 bits per heavy atom. The first-order chi connectivity index (χ1) is 18.1. The van der Waals surface area contributed by atoms with Gasteiger partial charge in [-0.05, 0) is 56.1 Å². The van der Waals surface area contributed by atoms with Gasteiger partial charge in [-0.2, -0.15) is 0 Å². The summed E-state index contributed by atoms with van der Waals surface area (Å²) < 4.78 is 7.32. The van der Waals surface area contributed by atoms with Gasteiger partial charge in [-0.3, -0.25) is 9.59 Å². The normalized spacial score (nSPS) is 17.7. The average Bonchev–Trinajstić information content (AvgIpc) is 2.87. The van der Waals surface area contributed by atoms with Crippen LogP contribution >= 0.6 is 11.6 Å². The van der Waals surface area contributed by atoms with Crippen LogP contribution in [0.1, 0.15) is 31.5 Å². The lowest BCUT2D eigenvalue weighted by atomic mass is 9.92. The van der Waals surface area contributed by atoms with E-state index in [2.05, 4.69) is 29.0 Å². The van der Waals surface area contributed by atoms with Crippen molar-refractivity contribution in [2.75, 3.05) is 52.3 Å². The fourth-order valence-corrected chi connectivity index (χ4v) is 5.21. The molecule has 204 valence electrons. The topological polar surface area (TPSA) is 92.6 Å². The highest BCUT2D eigenvalue weighted by molar-refractivity contribution is 6.31. The standard InChI is InChI=1S/C28H37ClN6O3/c1-18-10-19(2)16-34(15-18)28-31-14-22(29)23(32-28)12-20-6-7-24-21(11-20)13-25(38-17-26(36)30-3)27(37)35(24)9-8-33(4)5/h6-7,11,13-14,18-19H,8-10,12,15-17H2,1-5H3,(H,30,36)/t18-,19+. The molecule has 0 unspecified atom stereocenters. The first-order valence-corrected chi connectivity index (χ1v) is 13.4. The molecule has 4 rings (SSSR count). The van der Waals surface area contributed by atoms with E-state index < -0.39 is 0 Å². The lowest BCUT2D eigenvalue weighted by Gasteiger charge is -2.35. The van der Waals surface area contributed by atoms with Gasteiger partial charge in [0.2, 0.25) is 5.95 Å². The number of fused-ring (bicyclic) bond motifs is 1. The Kier molecular flexibility index (Phi) is 8.89. The Hall–Kier alpha value is -3.17. The fourth-order valence-electron chi connectivity index (χ4n) is 5.05. The maximum Gasteiger partial charge on any atom is 0.293 e. The SMILES string of the molecule is CNC(=O)COc1cc2cc(Cc3nc(N4C[C@H](C)C[C@H](C)C4)ncc3Cl)ccc2n(CCN(C)C)c1=O. The molecule has 1 saturated heterocycles. The Morgan fingerprint density at radius 3 is 2.63 bits per heavy atom. The van der Waals surface area contributed by atoms with E-state index in [9.17, 15) is 9.59 Å². The highest BCUT2D eigenvalue weighted by Crippen LogP contribution is 2.27. The van der Waals surface area contributed by atoms with Crippen molar-refractivity contribution in [3.05, 3.63) is 57.1 Å². The van der Waals surface area contributed by atoms with Crippen LogP contribution in [-0.4, -0.2) is 72.7 Å². The number of carbonyl (C=O) groups is 1. The van der Waals surface area contributed by atoms with Crippen LogP contribution in [0.5, 0.6) is 5.75 Å². The predicted octanol–water partition coefficient (Wildman–Crippen LogP) is 3.20. The van der Waals surface area contributed by atoms with Gasteiger partial charge >= 0.3 is 0 Å². The summed E-state index contributed by atoms with van der Waals surface area (Å²) in [6.07, 6.45) is 3.42. The molecular weight excluding hydrogens is 504 g/mol. The Bertz CT molecular complexity index is 1350. The molecule has 38 heavy (non-hydrogen) atoms. The molecule has 0 aliphatic carbocycles. The lowest BCUT2D eigenvalue weighted by molar-refractivity contribution is -0.122. The number of anilines is 1. The maximum atomic E-state index is 13.2. The molecule has 1 N–H and O–H groups in total. The predicted molar refractivity (Wildman–Crippen MR) is 151 cm³/mol. The number of rotatable bonds is 9. The Balaban J connectivity index is 1.67. The van der Waals surface area contributed by atoms with Gasteiger partial charge in [-0.15, -0.1) is 0 Å². The van der Waals surface area contributed by atoms with E-state index in [-0.39, 0.29) is 23.8 Å². The maximum absolute atomic E-state index is 13.2. The second kappa shape index (κ2) is 12.1. The molecule has 1 fully saturated rings. The molecular formula is C28H37ClN6O3. The minimum Gasteiger partial charge on any atom is -0.478 e. The molecule has 1 aliphatic rings. The van der Waals surface area contributed by atoms with Crippen LogP contribution in [0.3, 0.4) is 0 Å². The fraction of sp³-hybridized carbons (Fsp3) is 0.500. The summed E-state index contributed by atoms with van der Waals surface area (Å²) in [5, 5.41) is 3.88. The van der Waals surface area contributed by atoms with Crippen molar-refractivity contribution in [1.82, 2.24) is 24.8 Å². The number of amides is 1. The number of pyridine rings is 1. The van der Waals surface area contributed by atoms with Crippen molar-refractivity contribution in [3.8, 4) is 5.75 Å². The number of nitrogens with one attached hydrogen (secondary N) is 1. The van der Waals surface area contributed by atoms with Crippen LogP contribution < -0.4 is 20.5 Å². The number of hydrogen-bond acceptors (Lipinski definition) is 7. The first kappa shape index (κ1) is 27.9. The van der Waals surface area contributed by atoms with Gasteiger partial charge in [-0.25, -0.2) is 9.97 Å². The Labute approximate surface area is 228 Å². The third-order valence-electron chi connectivity index (χ3n) is 6.86. The quantitative estimate of drug-likeness (QED) is 0.445. The van der Waals surface area contributed by atoms with E-state index in [0.29, 0.717) is 42.3 Å². The number of halogens is 1. The summed E-state index contributed by atoms with van der Waals surface area (Å²) in [6, 6.07) is 7.69. The summed E-state index contributed by atoms with van der Waals surface area (Å²) in [4.78, 5) is 38.6. The number of hydrogen-bond donors (Lipinski definition) is 1. The molecule has 1 aromatic carbocycles. The summed E-state index contributed by atoms with van der Waals surface area (Å²) in [5.41, 5.74) is 2.31. The van der Waals surface area contributed by atoms with Crippen molar-refractivity contribution < 1.29 is 9.53 Å². The molecule has 0 saturated carbocycles. The third kappa shape index (κ3) is 6.63. The molecule has 10 heteroatoms. The zero-order valence-electron chi connectivity index (χ0n) is 22.8. The average molecular weight is 541 g/mol. The van der Waals surface area contributed by atoms with Crippen molar-refractivity contribution >= 4 is 34.4 Å². The minimum atomic E-state index is -0.301. The Morgan fingerprint density at radius 1 is 1.21 bits per heavy atom. The zero-order chi connectivity index (χ0) is 27.4. The number of nitrogens with zero attached hydrogens (tertiary/aromatic N) is 5. The highest BCUT2D eigenvalue weighted by atomic mass is 35.5. The largest absolute Gasteiger partial charge is 0.478 e. The number of ether oxygens (including phenoxy) is 1. The monoisotopic (exact) mass is 540 g/mol. The summed E-state index contributed by atoms with van der Waals surface area (Å²) in [6.45, 7) is 7.35. The third-order valence-corrected chi connectivity index (χ3v) is 7.18. The molecule has 0 radical (unpaired) electrons. The number of likely N-dealkylation sites (N-methyl/N-ethyl adjacent to an activating group) is 2. The van der Waals surface area contributed by atoms with Gasteiger partial charge in [0, 0.05) is 45.0 Å². The van der Waals surface area contributed by atoms with Crippen molar-refractivity contribution in [3.63, 3.8) is 0 Å². The molecule has 1 amide bonds. The van der Waals surface area contributed by atoms with Crippen molar-refractivity contribution in [2.45, 2.75) is 33.2 Å². The van der Waals surface area contributed by atoms with E-state index in [4.69, 9.17) is 21.3 Å². The van der Waals surface area contributed by atoms with Crippen LogP contribution in [0.4, 0.5) is 5.95 Å². The van der Waals surface area contributed by atoms with Crippen LogP contribution in [0.15, 0.2) is 35.3 Å². The van der Waals surface area contributed by atoms with Gasteiger partial charge in [0.25, 0.3) is 11.5 Å². The first-order valence-electron chi connectivity index (χ1n) is 13.1. The van der Waals surface area contributed by atoms with Gasteiger partial charge in [0.15, 0.2) is 12.4 Å². The lowest BCUT2D eigenvalue weighted by Crippen LogP contribution is -2.39. The molecule has 3 heterocycles. The molecule has 2 aromatic heterocycles. The second-order valence-electron chi connectivity index (χ2n) is 10.6. The van der Waals surface area contributed by atoms with E-state index in [1.807, 2.05) is 37.2 Å². The number of benzene rings is 1. The summed E-state index contributed by atoms with van der Waals surface area (Å²) >= 11 is 6.54. The summed E-state index contributed by atoms with van der Waals surface area (Å²) in [7, 11) is 5.45. The molecule has 2 atom stereocenters. The highest BCUT2D eigenvalue weighted by Gasteiger charge is 2.24. The van der Waals surface area contributed by atoms with E-state index in [0.717, 1.165) is 35.2 Å². The molecule has 1 aliphatic heterocycles. The van der Waals surface area contributed by atoms with E-state index in [1.165, 1.54) is 13.5 Å². The zero-order valence-corrected chi connectivity index (χ0v) is 23.6. The number of aromatic nitrogens is 3. The van der Waals surface area contributed by atoms with Crippen LogP contribution in [0.25, 0.3) is 10.9 Å². The summed E-state index contributed by atoms with van der Waals surface area (Å²) in [5.74, 6) is 1.74.